The van der Waals surface area contributed by atoms with Crippen molar-refractivity contribution in [2.24, 2.45) is 0 Å². The van der Waals surface area contributed by atoms with Crippen LogP contribution >= 0.6 is 0 Å². The minimum atomic E-state index is -1.42. The van der Waals surface area contributed by atoms with Crippen LogP contribution in [-0.2, 0) is 9.59 Å². The van der Waals surface area contributed by atoms with Crippen molar-refractivity contribution in [3.8, 4) is 5.75 Å². The van der Waals surface area contributed by atoms with Gasteiger partial charge in [-0.3, -0.25) is 19.3 Å². The number of nitrogens with zero attached hydrogens (tertiary/aromatic N) is 1. The zero-order valence-corrected chi connectivity index (χ0v) is 16.2. The maximum absolute atomic E-state index is 13.2. The van der Waals surface area contributed by atoms with Crippen LogP contribution in [0.5, 0.6) is 5.75 Å². The van der Waals surface area contributed by atoms with Crippen molar-refractivity contribution in [2.45, 2.75) is 38.3 Å². The summed E-state index contributed by atoms with van der Waals surface area (Å²) in [4.78, 5) is 39.8. The summed E-state index contributed by atoms with van der Waals surface area (Å²) in [5, 5.41) is 5.61. The van der Waals surface area contributed by atoms with Gasteiger partial charge in [0.2, 0.25) is 11.6 Å². The number of rotatable bonds is 6. The topological polar surface area (TPSA) is 87.7 Å². The van der Waals surface area contributed by atoms with Gasteiger partial charge in [0.05, 0.1) is 17.9 Å². The average molecular weight is 393 g/mol. The quantitative estimate of drug-likeness (QED) is 0.739. The van der Waals surface area contributed by atoms with Crippen molar-refractivity contribution in [1.29, 1.82) is 0 Å². The van der Waals surface area contributed by atoms with Gasteiger partial charge < -0.3 is 15.4 Å². The highest BCUT2D eigenvalue weighted by Crippen LogP contribution is 2.39. The Morgan fingerprint density at radius 1 is 1.17 bits per heavy atom. The minimum Gasteiger partial charge on any atom is -0.494 e. The summed E-state index contributed by atoms with van der Waals surface area (Å²) in [6.45, 7) is 2.74. The molecule has 3 amide bonds. The van der Waals surface area contributed by atoms with Crippen LogP contribution < -0.4 is 20.3 Å². The second-order valence-electron chi connectivity index (χ2n) is 7.24. The number of ether oxygens (including phenoxy) is 1. The van der Waals surface area contributed by atoms with E-state index in [1.165, 1.54) is 4.90 Å². The maximum atomic E-state index is 13.2. The Morgan fingerprint density at radius 2 is 1.93 bits per heavy atom. The van der Waals surface area contributed by atoms with Crippen LogP contribution in [0.3, 0.4) is 0 Å². The third-order valence-corrected chi connectivity index (χ3v) is 5.30. The molecule has 29 heavy (non-hydrogen) atoms. The zero-order valence-electron chi connectivity index (χ0n) is 16.2. The predicted molar refractivity (Wildman–Crippen MR) is 109 cm³/mol. The van der Waals surface area contributed by atoms with Gasteiger partial charge >= 0.3 is 0 Å². The molecule has 2 aromatic carbocycles. The first-order chi connectivity index (χ1) is 14.0. The molecule has 0 aliphatic carbocycles. The molecule has 0 spiro atoms. The Bertz CT molecular complexity index is 957. The number of para-hydroxylation sites is 1. The van der Waals surface area contributed by atoms with E-state index < -0.39 is 11.6 Å². The van der Waals surface area contributed by atoms with E-state index in [4.69, 9.17) is 4.74 Å². The van der Waals surface area contributed by atoms with Gasteiger partial charge in [-0.1, -0.05) is 25.5 Å². The molecule has 0 saturated carbocycles. The molecule has 2 aromatic rings. The molecule has 0 aromatic heterocycles. The molecule has 2 aliphatic heterocycles. The summed E-state index contributed by atoms with van der Waals surface area (Å²) in [6, 6.07) is 13.9. The summed E-state index contributed by atoms with van der Waals surface area (Å²) in [6.07, 6.45) is 2.44. The number of carbonyl (C=O) groups is 3. The van der Waals surface area contributed by atoms with Gasteiger partial charge in [0.25, 0.3) is 11.8 Å². The normalized spacial score (nSPS) is 20.0. The molecule has 0 unspecified atom stereocenters. The van der Waals surface area contributed by atoms with Crippen LogP contribution in [0.15, 0.2) is 48.5 Å². The molecular formula is C22H23N3O4. The molecule has 7 nitrogen and oxygen atoms in total. The number of hydrogen-bond acceptors (Lipinski definition) is 4. The lowest BCUT2D eigenvalue weighted by molar-refractivity contribution is -0.124. The van der Waals surface area contributed by atoms with Gasteiger partial charge in [-0.25, -0.2) is 0 Å². The Labute approximate surface area is 169 Å². The summed E-state index contributed by atoms with van der Waals surface area (Å²) in [5.74, 6) is -0.258. The zero-order chi connectivity index (χ0) is 20.4. The van der Waals surface area contributed by atoms with Crippen LogP contribution in [0.2, 0.25) is 0 Å². The van der Waals surface area contributed by atoms with E-state index in [-0.39, 0.29) is 24.7 Å². The van der Waals surface area contributed by atoms with Crippen LogP contribution in [0.25, 0.3) is 0 Å². The average Bonchev–Trinajstić information content (AvgIpc) is 3.07. The maximum Gasteiger partial charge on any atom is 0.271 e. The first-order valence-corrected chi connectivity index (χ1v) is 9.84. The summed E-state index contributed by atoms with van der Waals surface area (Å²) < 4.78 is 5.64. The number of anilines is 2. The molecule has 2 aliphatic rings. The van der Waals surface area contributed by atoms with Crippen molar-refractivity contribution in [1.82, 2.24) is 5.32 Å². The molecule has 1 fully saturated rings. The number of unbranched alkanes of at least 4 members (excludes halogenated alkanes) is 1. The molecule has 150 valence electrons. The van der Waals surface area contributed by atoms with Crippen LogP contribution in [-0.4, -0.2) is 30.0 Å². The standard InChI is InChI=1S/C22H23N3O4/c1-2-3-14-29-16-10-8-15(9-11-16)23-21(28)22-13-12-19(26)25(22)18-7-5-4-6-17(18)20(27)24-22/h4-11H,2-3,12-14H2,1H3,(H,23,28)(H,24,27)/t22-/m1/s1. The van der Waals surface area contributed by atoms with E-state index in [1.807, 2.05) is 0 Å². The molecule has 1 saturated heterocycles. The van der Waals surface area contributed by atoms with Crippen LogP contribution in [0.4, 0.5) is 11.4 Å². The second-order valence-corrected chi connectivity index (χ2v) is 7.24. The summed E-state index contributed by atoms with van der Waals surface area (Å²) in [7, 11) is 0. The van der Waals surface area contributed by atoms with Crippen molar-refractivity contribution >= 4 is 29.1 Å². The van der Waals surface area contributed by atoms with E-state index >= 15 is 0 Å². The summed E-state index contributed by atoms with van der Waals surface area (Å²) >= 11 is 0. The van der Waals surface area contributed by atoms with Gasteiger partial charge in [0, 0.05) is 18.5 Å². The van der Waals surface area contributed by atoms with Gasteiger partial charge in [-0.05, 0) is 42.8 Å². The van der Waals surface area contributed by atoms with Gasteiger partial charge in [-0.2, -0.15) is 0 Å². The molecular weight excluding hydrogens is 370 g/mol. The van der Waals surface area contributed by atoms with E-state index in [2.05, 4.69) is 17.6 Å². The van der Waals surface area contributed by atoms with Crippen molar-refractivity contribution in [3.05, 3.63) is 54.1 Å². The second kappa shape index (κ2) is 7.58. The third kappa shape index (κ3) is 3.33. The number of benzene rings is 2. The number of amides is 3. The molecule has 0 bridgehead atoms. The Morgan fingerprint density at radius 3 is 2.69 bits per heavy atom. The highest BCUT2D eigenvalue weighted by molar-refractivity contribution is 6.18. The number of carbonyl (C=O) groups excluding carboxylic acids is 3. The number of nitrogens with one attached hydrogen (secondary N) is 2. The monoisotopic (exact) mass is 393 g/mol. The number of hydrogen-bond donors (Lipinski definition) is 2. The van der Waals surface area contributed by atoms with Crippen molar-refractivity contribution in [2.75, 3.05) is 16.8 Å². The SMILES string of the molecule is CCCCOc1ccc(NC(=O)[C@@]23CCC(=O)N2c2ccccc2C(=O)N3)cc1. The fourth-order valence-electron chi connectivity index (χ4n) is 3.77. The molecule has 7 heteroatoms. The van der Waals surface area contributed by atoms with Gasteiger partial charge in [0.15, 0.2) is 0 Å². The van der Waals surface area contributed by atoms with Crippen LogP contribution in [0, 0.1) is 0 Å². The Kier molecular flexibility index (Phi) is 4.96. The fraction of sp³-hybridized carbons (Fsp3) is 0.318. The summed E-state index contributed by atoms with van der Waals surface area (Å²) in [5.41, 5.74) is 0.00619. The molecule has 2 N–H and O–H groups in total. The lowest BCUT2D eigenvalue weighted by atomic mass is 9.98. The highest BCUT2D eigenvalue weighted by Gasteiger charge is 2.56. The predicted octanol–water partition coefficient (Wildman–Crippen LogP) is 3.07. The van der Waals surface area contributed by atoms with Crippen molar-refractivity contribution < 1.29 is 19.1 Å². The smallest absolute Gasteiger partial charge is 0.271 e. The van der Waals surface area contributed by atoms with Gasteiger partial charge in [0.1, 0.15) is 5.75 Å². The lowest BCUT2D eigenvalue weighted by Crippen LogP contribution is -2.68. The van der Waals surface area contributed by atoms with Crippen LogP contribution in [0.1, 0.15) is 43.0 Å². The first-order valence-electron chi connectivity index (χ1n) is 9.84. The number of fused-ring (bicyclic) bond motifs is 3. The largest absolute Gasteiger partial charge is 0.494 e. The Hall–Kier alpha value is -3.35. The Balaban J connectivity index is 1.56. The fourth-order valence-corrected chi connectivity index (χ4v) is 3.77. The van der Waals surface area contributed by atoms with E-state index in [1.54, 1.807) is 48.5 Å². The third-order valence-electron chi connectivity index (χ3n) is 5.30. The van der Waals surface area contributed by atoms with E-state index in [9.17, 15) is 14.4 Å². The molecule has 1 atom stereocenters. The molecule has 0 radical (unpaired) electrons. The molecule has 4 rings (SSSR count). The molecule has 2 heterocycles. The highest BCUT2D eigenvalue weighted by atomic mass is 16.5. The lowest BCUT2D eigenvalue weighted by Gasteiger charge is -2.41. The van der Waals surface area contributed by atoms with Crippen molar-refractivity contribution in [3.63, 3.8) is 0 Å². The minimum absolute atomic E-state index is 0.187. The van der Waals surface area contributed by atoms with Gasteiger partial charge in [-0.15, -0.1) is 0 Å². The first kappa shape index (κ1) is 19.0. The van der Waals surface area contributed by atoms with E-state index in [0.29, 0.717) is 23.5 Å². The van der Waals surface area contributed by atoms with E-state index in [0.717, 1.165) is 18.6 Å².